The third kappa shape index (κ3) is 2.28. The monoisotopic (exact) mass is 196 g/mol. The Bertz CT molecular complexity index is 217. The summed E-state index contributed by atoms with van der Waals surface area (Å²) in [5, 5.41) is 19.2. The molecule has 0 aliphatic heterocycles. The average molecular weight is 196 g/mol. The summed E-state index contributed by atoms with van der Waals surface area (Å²) in [5.41, 5.74) is 6.86. The lowest BCUT2D eigenvalue weighted by Crippen LogP contribution is -2.63. The highest BCUT2D eigenvalue weighted by atomic mass is 31.2. The van der Waals surface area contributed by atoms with E-state index in [-0.39, 0.29) is 6.42 Å². The second-order valence-corrected chi connectivity index (χ2v) is 5.23. The van der Waals surface area contributed by atoms with Gasteiger partial charge in [0, 0.05) is 0 Å². The van der Waals surface area contributed by atoms with Crippen LogP contribution in [0.4, 0.5) is 0 Å². The van der Waals surface area contributed by atoms with Gasteiger partial charge < -0.3 is 20.7 Å². The smallest absolute Gasteiger partial charge is 0.251 e. The zero-order valence-corrected chi connectivity index (χ0v) is 7.66. The number of carbonyl (C=O) groups excluding carboxylic acids is 1. The van der Waals surface area contributed by atoms with Crippen molar-refractivity contribution in [2.75, 3.05) is 0 Å². The molecule has 0 radical (unpaired) electrons. The van der Waals surface area contributed by atoms with Crippen LogP contribution in [0.2, 0.25) is 0 Å². The molecular formula is C5H13N2O4P. The maximum atomic E-state index is 11.3. The summed E-state index contributed by atoms with van der Waals surface area (Å²) in [4.78, 5) is 10.4. The van der Waals surface area contributed by atoms with Gasteiger partial charge >= 0.3 is 0 Å². The Hall–Kier alpha value is -0.420. The Kier molecular flexibility index (Phi) is 3.86. The quantitative estimate of drug-likeness (QED) is 0.332. The van der Waals surface area contributed by atoms with E-state index in [1.54, 1.807) is 0 Å². The van der Waals surface area contributed by atoms with Crippen molar-refractivity contribution < 1.29 is 25.3 Å². The molecule has 72 valence electrons. The Morgan fingerprint density at radius 2 is 2.25 bits per heavy atom. The highest BCUT2D eigenvalue weighted by Gasteiger charge is 2.36. The fraction of sp³-hybridized carbons (Fsp3) is 0.800. The van der Waals surface area contributed by atoms with Crippen molar-refractivity contribution in [3.05, 3.63) is 0 Å². The number of nitrogens with two attached hydrogens (primary N) is 1. The molecule has 0 fully saturated rings. The van der Waals surface area contributed by atoms with Crippen molar-refractivity contribution in [3.8, 4) is 0 Å². The van der Waals surface area contributed by atoms with Gasteiger partial charge in [-0.1, -0.05) is 6.92 Å². The van der Waals surface area contributed by atoms with Gasteiger partial charge in [0.25, 0.3) is 5.97 Å². The molecule has 0 saturated carbocycles. The summed E-state index contributed by atoms with van der Waals surface area (Å²) in [6.07, 6.45) is 0.0582. The summed E-state index contributed by atoms with van der Waals surface area (Å²) in [6, 6.07) is 0. The summed E-state index contributed by atoms with van der Waals surface area (Å²) < 4.78 is 11.3. The molecule has 0 amide bonds. The highest BCUT2D eigenvalue weighted by Crippen LogP contribution is 2.44. The third-order valence-electron chi connectivity index (χ3n) is 1.61. The lowest BCUT2D eigenvalue weighted by atomic mass is 10.3. The lowest BCUT2D eigenvalue weighted by Gasteiger charge is -2.23. The molecule has 3 unspecified atom stereocenters. The lowest BCUT2D eigenvalue weighted by molar-refractivity contribution is -0.448. The van der Waals surface area contributed by atoms with Gasteiger partial charge in [-0.3, -0.25) is 10.1 Å². The van der Waals surface area contributed by atoms with E-state index in [1.165, 1.54) is 6.92 Å². The van der Waals surface area contributed by atoms with Gasteiger partial charge in [-0.05, 0) is 6.42 Å². The van der Waals surface area contributed by atoms with E-state index in [4.69, 9.17) is 10.6 Å². The van der Waals surface area contributed by atoms with E-state index in [9.17, 15) is 14.5 Å². The minimum absolute atomic E-state index is 0.0582. The second kappa shape index (κ2) is 4.00. The summed E-state index contributed by atoms with van der Waals surface area (Å²) in [6.45, 7) is 1.50. The molecule has 0 bridgehead atoms. The van der Waals surface area contributed by atoms with Crippen LogP contribution in [0, 0.1) is 0 Å². The van der Waals surface area contributed by atoms with Crippen LogP contribution >= 0.6 is 7.29 Å². The van der Waals surface area contributed by atoms with Crippen LogP contribution in [-0.2, 0) is 9.36 Å². The van der Waals surface area contributed by atoms with Gasteiger partial charge in [0.1, 0.15) is 0 Å². The largest absolute Gasteiger partial charge is 0.549 e. The molecule has 0 rings (SSSR count). The minimum atomic E-state index is -3.65. The van der Waals surface area contributed by atoms with Crippen molar-refractivity contribution in [1.82, 2.24) is 0 Å². The molecule has 6 N–H and O–H groups in total. The first-order chi connectivity index (χ1) is 5.34. The predicted octanol–water partition coefficient (Wildman–Crippen LogP) is -2.73. The number of carbonyl (C=O) groups is 1. The molecule has 3 atom stereocenters. The van der Waals surface area contributed by atoms with Gasteiger partial charge in [-0.15, -0.1) is 0 Å². The molecule has 0 heterocycles. The molecule has 0 aromatic heterocycles. The van der Waals surface area contributed by atoms with E-state index in [0.717, 1.165) is 0 Å². The minimum Gasteiger partial charge on any atom is -0.549 e. The molecule has 0 aliphatic carbocycles. The number of rotatable bonds is 4. The van der Waals surface area contributed by atoms with Gasteiger partial charge in [0.15, 0.2) is 0 Å². The van der Waals surface area contributed by atoms with E-state index in [2.05, 4.69) is 5.73 Å². The van der Waals surface area contributed by atoms with Crippen molar-refractivity contribution in [2.45, 2.75) is 25.0 Å². The standard InChI is InChI=1S/C5H13N2O4P/c1-2-3(4(8)9)12(7,11)5(6)10/h3,5,10H,2,6H2,1H3,(H2,7,11)(H,8,9). The Balaban J connectivity index is 4.72. The number of aliphatic carboxylic acids is 1. The zero-order valence-electron chi connectivity index (χ0n) is 6.77. The van der Waals surface area contributed by atoms with Crippen LogP contribution in [0.3, 0.4) is 0 Å². The summed E-state index contributed by atoms with van der Waals surface area (Å²) in [5.74, 6) is -3.06. The number of hydrogen-bond acceptors (Lipinski definition) is 4. The van der Waals surface area contributed by atoms with Crippen LogP contribution in [-0.4, -0.2) is 22.7 Å². The second-order valence-electron chi connectivity index (χ2n) is 2.49. The molecule has 7 heteroatoms. The molecule has 0 aromatic rings. The molecule has 0 spiro atoms. The average Bonchev–Trinajstić information content (AvgIpc) is 1.86. The van der Waals surface area contributed by atoms with Crippen LogP contribution in [0.5, 0.6) is 0 Å². The number of aliphatic hydroxyl groups is 1. The summed E-state index contributed by atoms with van der Waals surface area (Å²) in [7, 11) is -3.65. The van der Waals surface area contributed by atoms with E-state index >= 15 is 0 Å². The van der Waals surface area contributed by atoms with Crippen molar-refractivity contribution in [3.63, 3.8) is 0 Å². The van der Waals surface area contributed by atoms with Crippen LogP contribution in [0.25, 0.3) is 0 Å². The van der Waals surface area contributed by atoms with Crippen molar-refractivity contribution >= 4 is 13.3 Å². The number of carboxylic acids is 1. The molecule has 6 nitrogen and oxygen atoms in total. The first-order valence-electron chi connectivity index (χ1n) is 3.44. The van der Waals surface area contributed by atoms with Crippen molar-refractivity contribution in [2.24, 2.45) is 5.50 Å². The summed E-state index contributed by atoms with van der Waals surface area (Å²) >= 11 is 0. The Labute approximate surface area is 70.0 Å². The van der Waals surface area contributed by atoms with Crippen molar-refractivity contribution in [1.29, 1.82) is 0 Å². The van der Waals surface area contributed by atoms with Gasteiger partial charge in [-0.2, -0.15) is 0 Å². The Morgan fingerprint density at radius 3 is 2.33 bits per heavy atom. The SMILES string of the molecule is CCC(C(=O)[O-])P(N)(=O)C([NH3+])O. The van der Waals surface area contributed by atoms with E-state index < -0.39 is 24.9 Å². The maximum absolute atomic E-state index is 11.3. The third-order valence-corrected chi connectivity index (χ3v) is 4.09. The van der Waals surface area contributed by atoms with Crippen LogP contribution < -0.4 is 16.3 Å². The molecule has 0 aliphatic rings. The number of carboxylic acid groups (broad SMARTS) is 1. The van der Waals surface area contributed by atoms with E-state index in [1.807, 2.05) is 0 Å². The van der Waals surface area contributed by atoms with Gasteiger partial charge in [-0.25, -0.2) is 0 Å². The molecule has 0 saturated heterocycles. The first-order valence-corrected chi connectivity index (χ1v) is 5.35. The first kappa shape index (κ1) is 11.6. The molecular weight excluding hydrogens is 183 g/mol. The fourth-order valence-electron chi connectivity index (χ4n) is 0.824. The zero-order chi connectivity index (χ0) is 9.94. The van der Waals surface area contributed by atoms with Crippen LogP contribution in [0.15, 0.2) is 0 Å². The van der Waals surface area contributed by atoms with Crippen LogP contribution in [0.1, 0.15) is 13.3 Å². The molecule has 0 aromatic carbocycles. The van der Waals surface area contributed by atoms with Gasteiger partial charge in [0.2, 0.25) is 7.29 Å². The van der Waals surface area contributed by atoms with E-state index in [0.29, 0.717) is 0 Å². The number of quaternary nitrogens is 1. The normalized spacial score (nSPS) is 21.0. The topological polar surface area (TPSA) is 131 Å². The maximum Gasteiger partial charge on any atom is 0.251 e. The molecule has 12 heavy (non-hydrogen) atoms. The highest BCUT2D eigenvalue weighted by molar-refractivity contribution is 7.63. The fourth-order valence-corrected chi connectivity index (χ4v) is 2.14. The predicted molar refractivity (Wildman–Crippen MR) is 39.8 cm³/mol. The van der Waals surface area contributed by atoms with Gasteiger partial charge in [0.05, 0.1) is 11.6 Å². The number of hydrogen-bond donors (Lipinski definition) is 3. The Morgan fingerprint density at radius 1 is 1.83 bits per heavy atom. The number of aliphatic hydroxyl groups excluding tert-OH is 1.